The molecule has 2 amide bonds. The molecule has 1 aliphatic rings. The first-order valence-electron chi connectivity index (χ1n) is 8.33. The molecule has 0 bridgehead atoms. The van der Waals surface area contributed by atoms with Gasteiger partial charge in [0.2, 0.25) is 0 Å². The largest absolute Gasteiger partial charge is 0.338 e. The molecular formula is C19H21FN2OS2. The minimum Gasteiger partial charge on any atom is -0.338 e. The molecule has 132 valence electrons. The van der Waals surface area contributed by atoms with E-state index in [4.69, 9.17) is 0 Å². The van der Waals surface area contributed by atoms with E-state index in [1.165, 1.54) is 35.6 Å². The number of nitrogens with one attached hydrogen (secondary N) is 2. The number of hydrogen-bond acceptors (Lipinski definition) is 3. The number of carbonyl (C=O) groups is 1. The van der Waals surface area contributed by atoms with Crippen molar-refractivity contribution in [2.45, 2.75) is 17.4 Å². The molecule has 0 saturated carbocycles. The van der Waals surface area contributed by atoms with Gasteiger partial charge in [0.1, 0.15) is 5.82 Å². The summed E-state index contributed by atoms with van der Waals surface area (Å²) >= 11 is 3.93. The van der Waals surface area contributed by atoms with Gasteiger partial charge in [-0.3, -0.25) is 0 Å². The average molecular weight is 377 g/mol. The van der Waals surface area contributed by atoms with Crippen LogP contribution in [0.15, 0.2) is 48.5 Å². The highest BCUT2D eigenvalue weighted by Gasteiger charge is 2.16. The van der Waals surface area contributed by atoms with E-state index in [9.17, 15) is 9.18 Å². The third-order valence-electron chi connectivity index (χ3n) is 3.86. The molecule has 2 N–H and O–H groups in total. The van der Waals surface area contributed by atoms with Crippen LogP contribution in [0, 0.1) is 5.82 Å². The molecule has 0 radical (unpaired) electrons. The van der Waals surface area contributed by atoms with Crippen molar-refractivity contribution in [1.82, 2.24) is 5.32 Å². The predicted molar refractivity (Wildman–Crippen MR) is 106 cm³/mol. The number of urea groups is 1. The van der Waals surface area contributed by atoms with E-state index in [-0.39, 0.29) is 11.8 Å². The zero-order chi connectivity index (χ0) is 17.5. The van der Waals surface area contributed by atoms with E-state index in [0.717, 1.165) is 11.3 Å². The van der Waals surface area contributed by atoms with Crippen molar-refractivity contribution in [2.24, 2.45) is 0 Å². The van der Waals surface area contributed by atoms with E-state index < -0.39 is 0 Å². The van der Waals surface area contributed by atoms with Crippen LogP contribution in [-0.4, -0.2) is 24.1 Å². The Bertz CT molecular complexity index is 703. The first-order valence-corrected chi connectivity index (χ1v) is 10.4. The van der Waals surface area contributed by atoms with E-state index in [0.29, 0.717) is 17.5 Å². The lowest BCUT2D eigenvalue weighted by atomic mass is 10.1. The number of benzene rings is 2. The quantitative estimate of drug-likeness (QED) is 0.766. The highest BCUT2D eigenvalue weighted by Crippen LogP contribution is 2.43. The Morgan fingerprint density at radius 1 is 1.12 bits per heavy atom. The molecule has 1 heterocycles. The highest BCUT2D eigenvalue weighted by molar-refractivity contribution is 8.16. The first kappa shape index (κ1) is 18.1. The van der Waals surface area contributed by atoms with Gasteiger partial charge in [0.05, 0.1) is 4.58 Å². The van der Waals surface area contributed by atoms with Crippen LogP contribution >= 0.6 is 23.5 Å². The maximum atomic E-state index is 12.9. The molecule has 2 aromatic carbocycles. The standard InChI is InChI=1S/C19H21FN2OS2/c20-16-7-5-14(6-8-16)9-10-21-19(23)22-17-4-1-3-15(13-17)18-24-11-2-12-25-18/h1,3-8,13,18H,2,9-12H2,(H2,21,22,23). The minimum atomic E-state index is -0.247. The number of carbonyl (C=O) groups excluding carboxylic acids is 1. The van der Waals surface area contributed by atoms with Gasteiger partial charge < -0.3 is 10.6 Å². The monoisotopic (exact) mass is 376 g/mol. The molecule has 25 heavy (non-hydrogen) atoms. The second kappa shape index (κ2) is 9.15. The van der Waals surface area contributed by atoms with Crippen LogP contribution in [0.1, 0.15) is 22.1 Å². The summed E-state index contributed by atoms with van der Waals surface area (Å²) in [7, 11) is 0. The average Bonchev–Trinajstić information content (AvgIpc) is 2.64. The van der Waals surface area contributed by atoms with Crippen LogP contribution in [0.3, 0.4) is 0 Å². The third kappa shape index (κ3) is 5.68. The number of thioether (sulfide) groups is 2. The molecule has 0 spiro atoms. The second-order valence-corrected chi connectivity index (χ2v) is 8.53. The Morgan fingerprint density at radius 3 is 2.64 bits per heavy atom. The van der Waals surface area contributed by atoms with Gasteiger partial charge in [0, 0.05) is 12.2 Å². The van der Waals surface area contributed by atoms with Crippen LogP contribution in [0.5, 0.6) is 0 Å². The zero-order valence-electron chi connectivity index (χ0n) is 13.8. The van der Waals surface area contributed by atoms with Crippen molar-refractivity contribution in [3.8, 4) is 0 Å². The van der Waals surface area contributed by atoms with E-state index >= 15 is 0 Å². The summed E-state index contributed by atoms with van der Waals surface area (Å²) in [5.41, 5.74) is 3.05. The molecule has 0 unspecified atom stereocenters. The fourth-order valence-electron chi connectivity index (χ4n) is 2.59. The van der Waals surface area contributed by atoms with Crippen molar-refractivity contribution in [1.29, 1.82) is 0 Å². The molecule has 1 fully saturated rings. The van der Waals surface area contributed by atoms with Crippen LogP contribution in [-0.2, 0) is 6.42 Å². The van der Waals surface area contributed by atoms with Crippen LogP contribution in [0.2, 0.25) is 0 Å². The van der Waals surface area contributed by atoms with Gasteiger partial charge in [-0.15, -0.1) is 23.5 Å². The Labute approximate surface area is 156 Å². The summed E-state index contributed by atoms with van der Waals surface area (Å²) in [6.07, 6.45) is 1.93. The van der Waals surface area contributed by atoms with Crippen molar-refractivity contribution in [2.75, 3.05) is 23.4 Å². The van der Waals surface area contributed by atoms with Crippen LogP contribution in [0.4, 0.5) is 14.9 Å². The topological polar surface area (TPSA) is 41.1 Å². The lowest BCUT2D eigenvalue weighted by molar-refractivity contribution is 0.252. The molecular weight excluding hydrogens is 355 g/mol. The van der Waals surface area contributed by atoms with Gasteiger partial charge in [-0.25, -0.2) is 9.18 Å². The van der Waals surface area contributed by atoms with Crippen molar-refractivity contribution in [3.63, 3.8) is 0 Å². The Morgan fingerprint density at radius 2 is 1.88 bits per heavy atom. The number of halogens is 1. The lowest BCUT2D eigenvalue weighted by Crippen LogP contribution is -2.30. The predicted octanol–water partition coefficient (Wildman–Crippen LogP) is 5.06. The SMILES string of the molecule is O=C(NCCc1ccc(F)cc1)Nc1cccc(C2SCCCS2)c1. The smallest absolute Gasteiger partial charge is 0.319 e. The van der Waals surface area contributed by atoms with Crippen molar-refractivity contribution >= 4 is 35.2 Å². The normalized spacial score (nSPS) is 14.9. The molecule has 1 aliphatic heterocycles. The number of amides is 2. The van der Waals surface area contributed by atoms with Gasteiger partial charge in [0.15, 0.2) is 0 Å². The van der Waals surface area contributed by atoms with Gasteiger partial charge in [-0.2, -0.15) is 0 Å². The Balaban J connectivity index is 1.48. The van der Waals surface area contributed by atoms with Crippen LogP contribution in [0.25, 0.3) is 0 Å². The van der Waals surface area contributed by atoms with Gasteiger partial charge in [0.25, 0.3) is 0 Å². The molecule has 1 saturated heterocycles. The Hall–Kier alpha value is -1.66. The fraction of sp³-hybridized carbons (Fsp3) is 0.316. The molecule has 0 aliphatic carbocycles. The number of anilines is 1. The summed E-state index contributed by atoms with van der Waals surface area (Å²) < 4.78 is 13.3. The molecule has 2 aromatic rings. The van der Waals surface area contributed by atoms with E-state index in [1.54, 1.807) is 12.1 Å². The lowest BCUT2D eigenvalue weighted by Gasteiger charge is -2.21. The number of rotatable bonds is 5. The van der Waals surface area contributed by atoms with Crippen molar-refractivity contribution in [3.05, 3.63) is 65.5 Å². The van der Waals surface area contributed by atoms with Gasteiger partial charge >= 0.3 is 6.03 Å². The molecule has 3 nitrogen and oxygen atoms in total. The Kier molecular flexibility index (Phi) is 6.64. The summed E-state index contributed by atoms with van der Waals surface area (Å²) in [4.78, 5) is 12.1. The third-order valence-corrected chi connectivity index (χ3v) is 6.87. The molecule has 0 aromatic heterocycles. The van der Waals surface area contributed by atoms with Gasteiger partial charge in [-0.1, -0.05) is 24.3 Å². The minimum absolute atomic E-state index is 0.219. The summed E-state index contributed by atoms with van der Waals surface area (Å²) in [6, 6.07) is 14.2. The van der Waals surface area contributed by atoms with E-state index in [1.807, 2.05) is 35.7 Å². The molecule has 6 heteroatoms. The maximum absolute atomic E-state index is 12.9. The highest BCUT2D eigenvalue weighted by atomic mass is 32.2. The zero-order valence-corrected chi connectivity index (χ0v) is 15.5. The summed E-state index contributed by atoms with van der Waals surface area (Å²) in [5, 5.41) is 5.73. The summed E-state index contributed by atoms with van der Waals surface area (Å²) in [5.74, 6) is 2.14. The molecule has 3 rings (SSSR count). The fourth-order valence-corrected chi connectivity index (χ4v) is 5.46. The van der Waals surface area contributed by atoms with Crippen LogP contribution < -0.4 is 10.6 Å². The second-order valence-electron chi connectivity index (χ2n) is 5.81. The van der Waals surface area contributed by atoms with Gasteiger partial charge in [-0.05, 0) is 59.7 Å². The van der Waals surface area contributed by atoms with Crippen molar-refractivity contribution < 1.29 is 9.18 Å². The van der Waals surface area contributed by atoms with E-state index in [2.05, 4.69) is 22.8 Å². The summed E-state index contributed by atoms with van der Waals surface area (Å²) in [6.45, 7) is 0.505. The number of hydrogen-bond donors (Lipinski definition) is 2. The molecule has 0 atom stereocenters. The first-order chi connectivity index (χ1) is 12.2. The maximum Gasteiger partial charge on any atom is 0.319 e.